The fourth-order valence-corrected chi connectivity index (χ4v) is 2.96. The molecule has 0 aliphatic rings. The first-order valence-electron chi connectivity index (χ1n) is 8.35. The summed E-state index contributed by atoms with van der Waals surface area (Å²) >= 11 is 6.37. The van der Waals surface area contributed by atoms with Crippen LogP contribution in [-0.4, -0.2) is 15.0 Å². The van der Waals surface area contributed by atoms with Gasteiger partial charge in [-0.05, 0) is 23.3 Å². The molecule has 2 aromatic heterocycles. The lowest BCUT2D eigenvalue weighted by Gasteiger charge is -2.10. The number of aromatic nitrogens is 3. The zero-order valence-electron chi connectivity index (χ0n) is 14.3. The van der Waals surface area contributed by atoms with Crippen molar-refractivity contribution >= 4 is 28.9 Å². The van der Waals surface area contributed by atoms with Gasteiger partial charge >= 0.3 is 0 Å². The highest BCUT2D eigenvalue weighted by Gasteiger charge is 2.10. The Balaban J connectivity index is 1.70. The molecule has 6 heteroatoms. The molecule has 0 spiro atoms. The quantitative estimate of drug-likeness (QED) is 0.515. The second kappa shape index (κ2) is 7.43. The van der Waals surface area contributed by atoms with Crippen molar-refractivity contribution in [1.29, 1.82) is 0 Å². The lowest BCUT2D eigenvalue weighted by molar-refractivity contribution is 1.16. The summed E-state index contributed by atoms with van der Waals surface area (Å²) in [5, 5.41) is 3.59. The molecule has 27 heavy (non-hydrogen) atoms. The van der Waals surface area contributed by atoms with Gasteiger partial charge in [0.1, 0.15) is 0 Å². The Bertz CT molecular complexity index is 1080. The number of nitrogens with zero attached hydrogens (tertiary/aromatic N) is 3. The summed E-state index contributed by atoms with van der Waals surface area (Å²) in [4.78, 5) is 12.9. The Morgan fingerprint density at radius 2 is 1.59 bits per heavy atom. The van der Waals surface area contributed by atoms with Gasteiger partial charge in [0.05, 0.1) is 34.5 Å². The van der Waals surface area contributed by atoms with E-state index in [1.807, 2.05) is 30.3 Å². The van der Waals surface area contributed by atoms with Crippen LogP contribution in [0, 0.1) is 0 Å². The van der Waals surface area contributed by atoms with Gasteiger partial charge in [-0.3, -0.25) is 4.98 Å². The average molecular weight is 374 g/mol. The topological polar surface area (TPSA) is 76.7 Å². The van der Waals surface area contributed by atoms with E-state index in [0.717, 1.165) is 16.7 Å². The molecule has 0 saturated carbocycles. The third-order valence-corrected chi connectivity index (χ3v) is 4.28. The van der Waals surface area contributed by atoms with Crippen molar-refractivity contribution in [3.05, 3.63) is 84.3 Å². The molecule has 0 fully saturated rings. The molecule has 0 unspecified atom stereocenters. The van der Waals surface area contributed by atoms with Gasteiger partial charge in [0.2, 0.25) is 5.95 Å². The minimum atomic E-state index is 0.423. The van der Waals surface area contributed by atoms with Gasteiger partial charge in [-0.1, -0.05) is 60.1 Å². The molecular formula is C21H16ClN5. The van der Waals surface area contributed by atoms with E-state index in [1.165, 1.54) is 0 Å². The first-order valence-corrected chi connectivity index (χ1v) is 8.73. The molecule has 4 rings (SSSR count). The number of benzene rings is 2. The van der Waals surface area contributed by atoms with E-state index in [2.05, 4.69) is 44.5 Å². The highest BCUT2D eigenvalue weighted by Crippen LogP contribution is 2.30. The molecule has 0 saturated heterocycles. The summed E-state index contributed by atoms with van der Waals surface area (Å²) in [6.07, 6.45) is 4.82. The molecule has 0 aliphatic carbocycles. The molecule has 2 aromatic carbocycles. The molecule has 0 amide bonds. The maximum atomic E-state index is 6.37. The fourth-order valence-electron chi connectivity index (χ4n) is 2.76. The van der Waals surface area contributed by atoms with E-state index in [0.29, 0.717) is 28.0 Å². The largest absolute Gasteiger partial charge is 0.397 e. The average Bonchev–Trinajstić information content (AvgIpc) is 2.70. The van der Waals surface area contributed by atoms with E-state index in [9.17, 15) is 0 Å². The second-order valence-corrected chi connectivity index (χ2v) is 6.38. The van der Waals surface area contributed by atoms with Gasteiger partial charge in [-0.25, -0.2) is 9.97 Å². The fraction of sp³-hybridized carbons (Fsp3) is 0. The number of pyridine rings is 1. The van der Waals surface area contributed by atoms with Gasteiger partial charge in [0, 0.05) is 11.8 Å². The van der Waals surface area contributed by atoms with Gasteiger partial charge in [-0.15, -0.1) is 0 Å². The van der Waals surface area contributed by atoms with E-state index in [-0.39, 0.29) is 0 Å². The van der Waals surface area contributed by atoms with Crippen LogP contribution in [0.15, 0.2) is 79.3 Å². The Hall–Kier alpha value is -3.44. The van der Waals surface area contributed by atoms with Crippen LogP contribution in [0.3, 0.4) is 0 Å². The molecule has 132 valence electrons. The van der Waals surface area contributed by atoms with Crippen LogP contribution in [0.25, 0.3) is 22.4 Å². The van der Waals surface area contributed by atoms with E-state index in [1.54, 1.807) is 24.7 Å². The SMILES string of the molecule is Nc1cncc(Nc2ncc(Cl)c(-c3cccc(-c4ccccc4)c3)n2)c1. The van der Waals surface area contributed by atoms with E-state index >= 15 is 0 Å². The highest BCUT2D eigenvalue weighted by molar-refractivity contribution is 6.32. The van der Waals surface area contributed by atoms with Crippen molar-refractivity contribution in [2.45, 2.75) is 0 Å². The van der Waals surface area contributed by atoms with Crippen molar-refractivity contribution in [3.8, 4) is 22.4 Å². The molecule has 4 aromatic rings. The number of halogens is 1. The zero-order chi connectivity index (χ0) is 18.6. The number of hydrogen-bond donors (Lipinski definition) is 2. The Kier molecular flexibility index (Phi) is 4.68. The number of nitrogens with two attached hydrogens (primary N) is 1. The van der Waals surface area contributed by atoms with Gasteiger partial charge < -0.3 is 11.1 Å². The van der Waals surface area contributed by atoms with Crippen LogP contribution in [0.4, 0.5) is 17.3 Å². The van der Waals surface area contributed by atoms with Crippen LogP contribution >= 0.6 is 11.6 Å². The summed E-state index contributed by atoms with van der Waals surface area (Å²) in [5.74, 6) is 0.423. The van der Waals surface area contributed by atoms with E-state index in [4.69, 9.17) is 17.3 Å². The van der Waals surface area contributed by atoms with Crippen molar-refractivity contribution in [2.24, 2.45) is 0 Å². The molecule has 5 nitrogen and oxygen atoms in total. The summed E-state index contributed by atoms with van der Waals surface area (Å²) < 4.78 is 0. The predicted molar refractivity (Wildman–Crippen MR) is 110 cm³/mol. The Labute approximate surface area is 161 Å². The monoisotopic (exact) mass is 373 g/mol. The summed E-state index contributed by atoms with van der Waals surface area (Å²) in [6.45, 7) is 0. The number of hydrogen-bond acceptors (Lipinski definition) is 5. The maximum absolute atomic E-state index is 6.37. The van der Waals surface area contributed by atoms with Crippen molar-refractivity contribution in [3.63, 3.8) is 0 Å². The van der Waals surface area contributed by atoms with E-state index < -0.39 is 0 Å². The Morgan fingerprint density at radius 1 is 0.815 bits per heavy atom. The predicted octanol–water partition coefficient (Wildman–Crippen LogP) is 5.18. The molecule has 3 N–H and O–H groups in total. The van der Waals surface area contributed by atoms with Gasteiger partial charge in [0.25, 0.3) is 0 Å². The normalized spacial score (nSPS) is 10.6. The first-order chi connectivity index (χ1) is 13.2. The minimum Gasteiger partial charge on any atom is -0.397 e. The molecule has 0 aliphatic heterocycles. The molecule has 0 atom stereocenters. The second-order valence-electron chi connectivity index (χ2n) is 5.97. The van der Waals surface area contributed by atoms with Crippen LogP contribution in [0.5, 0.6) is 0 Å². The zero-order valence-corrected chi connectivity index (χ0v) is 15.1. The summed E-state index contributed by atoms with van der Waals surface area (Å²) in [6, 6.07) is 20.0. The van der Waals surface area contributed by atoms with Gasteiger partial charge in [-0.2, -0.15) is 0 Å². The summed E-state index contributed by atoms with van der Waals surface area (Å²) in [5.41, 5.74) is 10.8. The molecule has 0 radical (unpaired) electrons. The molecule has 0 bridgehead atoms. The van der Waals surface area contributed by atoms with Crippen molar-refractivity contribution in [1.82, 2.24) is 15.0 Å². The maximum Gasteiger partial charge on any atom is 0.227 e. The smallest absolute Gasteiger partial charge is 0.227 e. The van der Waals surface area contributed by atoms with Crippen molar-refractivity contribution < 1.29 is 0 Å². The molecular weight excluding hydrogens is 358 g/mol. The highest BCUT2D eigenvalue weighted by atomic mass is 35.5. The number of nitrogen functional groups attached to an aromatic ring is 1. The van der Waals surface area contributed by atoms with Gasteiger partial charge in [0.15, 0.2) is 0 Å². The van der Waals surface area contributed by atoms with Crippen LogP contribution in [0.1, 0.15) is 0 Å². The molecule has 2 heterocycles. The lowest BCUT2D eigenvalue weighted by Crippen LogP contribution is -2.00. The van der Waals surface area contributed by atoms with Crippen LogP contribution < -0.4 is 11.1 Å². The summed E-state index contributed by atoms with van der Waals surface area (Å²) in [7, 11) is 0. The lowest BCUT2D eigenvalue weighted by atomic mass is 10.0. The minimum absolute atomic E-state index is 0.423. The third kappa shape index (κ3) is 3.88. The van der Waals surface area contributed by atoms with Crippen LogP contribution in [0.2, 0.25) is 5.02 Å². The Morgan fingerprint density at radius 3 is 2.41 bits per heavy atom. The first kappa shape index (κ1) is 17.0. The number of anilines is 3. The van der Waals surface area contributed by atoms with Crippen LogP contribution in [-0.2, 0) is 0 Å². The van der Waals surface area contributed by atoms with Crippen molar-refractivity contribution in [2.75, 3.05) is 11.1 Å². The number of nitrogens with one attached hydrogen (secondary N) is 1. The third-order valence-electron chi connectivity index (χ3n) is 4.00. The number of rotatable bonds is 4. The standard InChI is InChI=1S/C21H16ClN5/c22-19-13-25-21(26-18-10-17(23)11-24-12-18)27-20(19)16-8-4-7-15(9-16)14-5-2-1-3-6-14/h1-13H,23H2,(H,25,26,27).